The Kier molecular flexibility index (Phi) is 5.58. The molecule has 0 saturated carbocycles. The van der Waals surface area contributed by atoms with Gasteiger partial charge < -0.3 is 16.3 Å². The number of benzene rings is 1. The molecule has 0 aliphatic rings. The standard InChI is InChI=1S/C13H20FN3O/c1-3-11(4-2)16-8-9-5-6-10(14)7-12(9)13(15)17-18/h5-7,11,16,18H,3-4,8H2,1-2H3,(H2,15,17). The van der Waals surface area contributed by atoms with Crippen LogP contribution < -0.4 is 11.1 Å². The van der Waals surface area contributed by atoms with Gasteiger partial charge in [-0.25, -0.2) is 4.39 Å². The zero-order valence-corrected chi connectivity index (χ0v) is 10.8. The lowest BCUT2D eigenvalue weighted by Gasteiger charge is -2.16. The average molecular weight is 253 g/mol. The highest BCUT2D eigenvalue weighted by molar-refractivity contribution is 5.98. The SMILES string of the molecule is CCC(CC)NCc1ccc(F)cc1C(N)=NO. The quantitative estimate of drug-likeness (QED) is 0.315. The first-order chi connectivity index (χ1) is 8.62. The number of nitrogens with two attached hydrogens (primary N) is 1. The van der Waals surface area contributed by atoms with Crippen molar-refractivity contribution in [1.82, 2.24) is 5.32 Å². The van der Waals surface area contributed by atoms with E-state index in [0.29, 0.717) is 18.2 Å². The first kappa shape index (κ1) is 14.4. The van der Waals surface area contributed by atoms with Gasteiger partial charge in [0.15, 0.2) is 5.84 Å². The molecule has 18 heavy (non-hydrogen) atoms. The van der Waals surface area contributed by atoms with Crippen molar-refractivity contribution in [3.8, 4) is 0 Å². The highest BCUT2D eigenvalue weighted by atomic mass is 19.1. The van der Waals surface area contributed by atoms with E-state index in [1.165, 1.54) is 12.1 Å². The van der Waals surface area contributed by atoms with Crippen LogP contribution in [0, 0.1) is 5.82 Å². The van der Waals surface area contributed by atoms with Crippen LogP contribution in [-0.4, -0.2) is 17.1 Å². The van der Waals surface area contributed by atoms with Gasteiger partial charge in [0.05, 0.1) is 0 Å². The maximum atomic E-state index is 13.2. The molecule has 0 amide bonds. The van der Waals surface area contributed by atoms with Crippen LogP contribution in [0.4, 0.5) is 4.39 Å². The second-order valence-electron chi connectivity index (χ2n) is 4.18. The van der Waals surface area contributed by atoms with Crippen LogP contribution in [0.1, 0.15) is 37.8 Å². The molecule has 100 valence electrons. The van der Waals surface area contributed by atoms with Crippen LogP contribution in [0.15, 0.2) is 23.4 Å². The van der Waals surface area contributed by atoms with Gasteiger partial charge in [0.1, 0.15) is 5.82 Å². The molecule has 1 aromatic rings. The Balaban J connectivity index is 2.88. The second kappa shape index (κ2) is 6.96. The number of hydrogen-bond donors (Lipinski definition) is 3. The zero-order valence-electron chi connectivity index (χ0n) is 10.8. The Labute approximate surface area is 107 Å². The van der Waals surface area contributed by atoms with E-state index in [1.54, 1.807) is 6.07 Å². The fourth-order valence-electron chi connectivity index (χ4n) is 1.83. The second-order valence-corrected chi connectivity index (χ2v) is 4.18. The molecule has 1 aromatic carbocycles. The molecule has 0 fully saturated rings. The summed E-state index contributed by atoms with van der Waals surface area (Å²) in [6.45, 7) is 4.78. The summed E-state index contributed by atoms with van der Waals surface area (Å²) in [7, 11) is 0. The third kappa shape index (κ3) is 3.70. The normalized spacial score (nSPS) is 12.1. The molecule has 0 unspecified atom stereocenters. The molecule has 0 radical (unpaired) electrons. The summed E-state index contributed by atoms with van der Waals surface area (Å²) in [6, 6.07) is 4.71. The molecule has 0 spiro atoms. The van der Waals surface area contributed by atoms with E-state index in [-0.39, 0.29) is 5.84 Å². The van der Waals surface area contributed by atoms with Crippen molar-refractivity contribution < 1.29 is 9.60 Å². The third-order valence-electron chi connectivity index (χ3n) is 3.02. The van der Waals surface area contributed by atoms with Crippen LogP contribution in [-0.2, 0) is 6.54 Å². The summed E-state index contributed by atoms with van der Waals surface area (Å²) >= 11 is 0. The van der Waals surface area contributed by atoms with Gasteiger partial charge >= 0.3 is 0 Å². The molecule has 4 N–H and O–H groups in total. The van der Waals surface area contributed by atoms with E-state index >= 15 is 0 Å². The van der Waals surface area contributed by atoms with Crippen molar-refractivity contribution in [3.05, 3.63) is 35.1 Å². The summed E-state index contributed by atoms with van der Waals surface area (Å²) in [5.74, 6) is -0.473. The molecule has 0 bridgehead atoms. The predicted molar refractivity (Wildman–Crippen MR) is 70.1 cm³/mol. The van der Waals surface area contributed by atoms with Crippen molar-refractivity contribution in [2.75, 3.05) is 0 Å². The first-order valence-electron chi connectivity index (χ1n) is 6.12. The molecule has 0 aliphatic carbocycles. The minimum absolute atomic E-state index is 0.0733. The van der Waals surface area contributed by atoms with Crippen molar-refractivity contribution in [2.24, 2.45) is 10.9 Å². The van der Waals surface area contributed by atoms with Gasteiger partial charge in [-0.3, -0.25) is 0 Å². The smallest absolute Gasteiger partial charge is 0.170 e. The van der Waals surface area contributed by atoms with Gasteiger partial charge in [-0.05, 0) is 30.5 Å². The number of nitrogens with one attached hydrogen (secondary N) is 1. The summed E-state index contributed by atoms with van der Waals surface area (Å²) in [5.41, 5.74) is 6.79. The lowest BCUT2D eigenvalue weighted by Crippen LogP contribution is -2.28. The fourth-order valence-corrected chi connectivity index (χ4v) is 1.83. The number of oxime groups is 1. The van der Waals surface area contributed by atoms with E-state index in [0.717, 1.165) is 18.4 Å². The molecular formula is C13H20FN3O. The lowest BCUT2D eigenvalue weighted by atomic mass is 10.1. The van der Waals surface area contributed by atoms with Crippen LogP contribution in [0.3, 0.4) is 0 Å². The van der Waals surface area contributed by atoms with Gasteiger partial charge in [0.2, 0.25) is 0 Å². The van der Waals surface area contributed by atoms with Gasteiger partial charge in [-0.2, -0.15) is 0 Å². The molecule has 0 aromatic heterocycles. The Hall–Kier alpha value is -1.62. The summed E-state index contributed by atoms with van der Waals surface area (Å²) in [4.78, 5) is 0. The summed E-state index contributed by atoms with van der Waals surface area (Å²) < 4.78 is 13.2. The first-order valence-corrected chi connectivity index (χ1v) is 6.12. The highest BCUT2D eigenvalue weighted by Gasteiger charge is 2.10. The minimum Gasteiger partial charge on any atom is -0.409 e. The number of rotatable bonds is 6. The zero-order chi connectivity index (χ0) is 13.5. The summed E-state index contributed by atoms with van der Waals surface area (Å²) in [6.07, 6.45) is 2.05. The van der Waals surface area contributed by atoms with Gasteiger partial charge in [-0.15, -0.1) is 0 Å². The van der Waals surface area contributed by atoms with Crippen LogP contribution in [0.5, 0.6) is 0 Å². The maximum absolute atomic E-state index is 13.2. The Morgan fingerprint density at radius 3 is 2.67 bits per heavy atom. The third-order valence-corrected chi connectivity index (χ3v) is 3.02. The van der Waals surface area contributed by atoms with Gasteiger partial charge in [-0.1, -0.05) is 25.1 Å². The molecular weight excluding hydrogens is 233 g/mol. The molecule has 0 atom stereocenters. The van der Waals surface area contributed by atoms with E-state index in [1.807, 2.05) is 0 Å². The van der Waals surface area contributed by atoms with Crippen LogP contribution in [0.2, 0.25) is 0 Å². The Bertz CT molecular complexity index is 417. The van der Waals surface area contributed by atoms with E-state index in [4.69, 9.17) is 10.9 Å². The number of hydrogen-bond acceptors (Lipinski definition) is 3. The number of halogens is 1. The van der Waals surface area contributed by atoms with E-state index < -0.39 is 5.82 Å². The summed E-state index contributed by atoms with van der Waals surface area (Å²) in [5, 5.41) is 15.0. The minimum atomic E-state index is -0.400. The Morgan fingerprint density at radius 2 is 2.11 bits per heavy atom. The van der Waals surface area contributed by atoms with Crippen molar-refractivity contribution in [2.45, 2.75) is 39.3 Å². The largest absolute Gasteiger partial charge is 0.409 e. The fraction of sp³-hybridized carbons (Fsp3) is 0.462. The average Bonchev–Trinajstić information content (AvgIpc) is 2.40. The molecule has 5 heteroatoms. The van der Waals surface area contributed by atoms with Crippen molar-refractivity contribution in [1.29, 1.82) is 0 Å². The van der Waals surface area contributed by atoms with Crippen molar-refractivity contribution >= 4 is 5.84 Å². The predicted octanol–water partition coefficient (Wildman–Crippen LogP) is 2.20. The number of amidine groups is 1. The maximum Gasteiger partial charge on any atom is 0.170 e. The Morgan fingerprint density at radius 1 is 1.44 bits per heavy atom. The molecule has 0 aliphatic heterocycles. The molecule has 0 saturated heterocycles. The highest BCUT2D eigenvalue weighted by Crippen LogP contribution is 2.12. The lowest BCUT2D eigenvalue weighted by molar-refractivity contribution is 0.318. The molecule has 1 rings (SSSR count). The van der Waals surface area contributed by atoms with E-state index in [9.17, 15) is 4.39 Å². The monoisotopic (exact) mass is 253 g/mol. The molecule has 0 heterocycles. The van der Waals surface area contributed by atoms with Crippen LogP contribution >= 0.6 is 0 Å². The van der Waals surface area contributed by atoms with Crippen LogP contribution in [0.25, 0.3) is 0 Å². The molecule has 4 nitrogen and oxygen atoms in total. The van der Waals surface area contributed by atoms with Gasteiger partial charge in [0, 0.05) is 18.2 Å². The van der Waals surface area contributed by atoms with E-state index in [2.05, 4.69) is 24.3 Å². The topological polar surface area (TPSA) is 70.6 Å². The van der Waals surface area contributed by atoms with Crippen molar-refractivity contribution in [3.63, 3.8) is 0 Å². The number of nitrogens with zero attached hydrogens (tertiary/aromatic N) is 1. The van der Waals surface area contributed by atoms with Gasteiger partial charge in [0.25, 0.3) is 0 Å².